The van der Waals surface area contributed by atoms with Crippen molar-refractivity contribution in [1.29, 1.82) is 0 Å². The summed E-state index contributed by atoms with van der Waals surface area (Å²) in [6.07, 6.45) is 0. The van der Waals surface area contributed by atoms with Crippen LogP contribution < -0.4 is 14.4 Å². The van der Waals surface area contributed by atoms with Gasteiger partial charge in [0, 0.05) is 5.69 Å². The quantitative estimate of drug-likeness (QED) is 0.524. The van der Waals surface area contributed by atoms with E-state index in [1.165, 1.54) is 19.2 Å². The Hall–Kier alpha value is -3.32. The van der Waals surface area contributed by atoms with Crippen LogP contribution in [0.2, 0.25) is 0 Å². The molecular weight excluding hydrogens is 424 g/mol. The lowest BCUT2D eigenvalue weighted by molar-refractivity contribution is -0.114. The average molecular weight is 453 g/mol. The van der Waals surface area contributed by atoms with Gasteiger partial charge in [0.25, 0.3) is 10.0 Å². The van der Waals surface area contributed by atoms with Crippen molar-refractivity contribution in [2.75, 3.05) is 23.3 Å². The number of ether oxygens (including phenoxy) is 1. The second-order valence-electron chi connectivity index (χ2n) is 7.79. The van der Waals surface area contributed by atoms with Crippen LogP contribution in [0.4, 0.5) is 11.4 Å². The molecule has 1 N–H and O–H groups in total. The minimum atomic E-state index is -4.02. The molecule has 0 heterocycles. The van der Waals surface area contributed by atoms with Gasteiger partial charge in [-0.2, -0.15) is 0 Å². The largest absolute Gasteiger partial charge is 0.495 e. The number of hydrogen-bond acceptors (Lipinski definition) is 4. The molecule has 0 aliphatic carbocycles. The molecule has 0 aliphatic rings. The number of aryl methyl sites for hydroxylation is 1. The second kappa shape index (κ2) is 9.87. The van der Waals surface area contributed by atoms with Crippen LogP contribution in [-0.2, 0) is 14.8 Å². The van der Waals surface area contributed by atoms with Crippen LogP contribution in [0.15, 0.2) is 77.7 Å². The molecule has 3 aromatic rings. The fourth-order valence-electron chi connectivity index (χ4n) is 3.45. The van der Waals surface area contributed by atoms with Crippen LogP contribution in [-0.4, -0.2) is 28.0 Å². The van der Waals surface area contributed by atoms with Gasteiger partial charge >= 0.3 is 0 Å². The molecule has 3 aromatic carbocycles. The molecule has 0 atom stereocenters. The number of para-hydroxylation sites is 1. The Morgan fingerprint density at radius 1 is 1.00 bits per heavy atom. The topological polar surface area (TPSA) is 75.7 Å². The molecule has 0 saturated heterocycles. The molecule has 0 radical (unpaired) electrons. The van der Waals surface area contributed by atoms with E-state index < -0.39 is 22.5 Å². The number of amides is 1. The predicted molar refractivity (Wildman–Crippen MR) is 128 cm³/mol. The highest BCUT2D eigenvalue weighted by molar-refractivity contribution is 7.92. The van der Waals surface area contributed by atoms with Crippen LogP contribution in [0, 0.1) is 6.92 Å². The second-order valence-corrected chi connectivity index (χ2v) is 9.65. The fourth-order valence-corrected chi connectivity index (χ4v) is 4.89. The molecule has 1 amide bonds. The number of benzene rings is 3. The molecule has 0 unspecified atom stereocenters. The van der Waals surface area contributed by atoms with Gasteiger partial charge in [0.05, 0.1) is 17.7 Å². The number of hydrogen-bond donors (Lipinski definition) is 1. The molecule has 6 nitrogen and oxygen atoms in total. The van der Waals surface area contributed by atoms with Crippen molar-refractivity contribution in [2.45, 2.75) is 31.6 Å². The first kappa shape index (κ1) is 23.3. The Bertz CT molecular complexity index is 1190. The standard InChI is InChI=1S/C25H28N2O4S/c1-18(2)21-12-8-9-13-22(21)26-25(28)17-27(23-16-19(3)14-15-24(23)31-4)32(29,30)20-10-6-5-7-11-20/h5-16,18H,17H2,1-4H3,(H,26,28). The van der Waals surface area contributed by atoms with E-state index in [9.17, 15) is 13.2 Å². The maximum Gasteiger partial charge on any atom is 0.264 e. The third-order valence-electron chi connectivity index (χ3n) is 5.08. The first-order chi connectivity index (χ1) is 15.2. The number of carbonyl (C=O) groups excluding carboxylic acids is 1. The lowest BCUT2D eigenvalue weighted by Crippen LogP contribution is -2.38. The van der Waals surface area contributed by atoms with Crippen molar-refractivity contribution < 1.29 is 17.9 Å². The summed E-state index contributed by atoms with van der Waals surface area (Å²) in [5, 5.41) is 2.88. The molecule has 0 saturated carbocycles. The Labute approximate surface area is 189 Å². The zero-order chi connectivity index (χ0) is 23.3. The molecule has 32 heavy (non-hydrogen) atoms. The highest BCUT2D eigenvalue weighted by atomic mass is 32.2. The summed E-state index contributed by atoms with van der Waals surface area (Å²) in [7, 11) is -2.55. The van der Waals surface area contributed by atoms with E-state index in [-0.39, 0.29) is 10.8 Å². The van der Waals surface area contributed by atoms with Gasteiger partial charge in [-0.25, -0.2) is 8.42 Å². The predicted octanol–water partition coefficient (Wildman–Crippen LogP) is 4.96. The smallest absolute Gasteiger partial charge is 0.264 e. The van der Waals surface area contributed by atoms with Crippen molar-refractivity contribution in [3.63, 3.8) is 0 Å². The first-order valence-corrected chi connectivity index (χ1v) is 11.8. The lowest BCUT2D eigenvalue weighted by Gasteiger charge is -2.26. The summed E-state index contributed by atoms with van der Waals surface area (Å²) >= 11 is 0. The summed E-state index contributed by atoms with van der Waals surface area (Å²) in [6, 6.07) is 20.8. The van der Waals surface area contributed by atoms with Crippen molar-refractivity contribution in [3.8, 4) is 5.75 Å². The molecule has 0 fully saturated rings. The van der Waals surface area contributed by atoms with E-state index in [1.807, 2.05) is 51.1 Å². The average Bonchev–Trinajstić information content (AvgIpc) is 2.78. The maximum absolute atomic E-state index is 13.6. The van der Waals surface area contributed by atoms with Crippen LogP contribution in [0.1, 0.15) is 30.9 Å². The Morgan fingerprint density at radius 2 is 1.66 bits per heavy atom. The summed E-state index contributed by atoms with van der Waals surface area (Å²) < 4.78 is 33.7. The molecule has 0 bridgehead atoms. The molecule has 0 spiro atoms. The zero-order valence-electron chi connectivity index (χ0n) is 18.7. The van der Waals surface area contributed by atoms with E-state index in [0.717, 1.165) is 15.4 Å². The van der Waals surface area contributed by atoms with Crippen molar-refractivity contribution in [1.82, 2.24) is 0 Å². The molecule has 168 valence electrons. The first-order valence-electron chi connectivity index (χ1n) is 10.3. The van der Waals surface area contributed by atoms with E-state index in [1.54, 1.807) is 30.3 Å². The van der Waals surface area contributed by atoms with Crippen molar-refractivity contribution in [3.05, 3.63) is 83.9 Å². The van der Waals surface area contributed by atoms with E-state index in [2.05, 4.69) is 5.32 Å². The maximum atomic E-state index is 13.6. The van der Waals surface area contributed by atoms with E-state index >= 15 is 0 Å². The van der Waals surface area contributed by atoms with Crippen LogP contribution in [0.3, 0.4) is 0 Å². The molecular formula is C25H28N2O4S. The van der Waals surface area contributed by atoms with Crippen LogP contribution in [0.25, 0.3) is 0 Å². The molecule has 3 rings (SSSR count). The highest BCUT2D eigenvalue weighted by Crippen LogP contribution is 2.33. The summed E-state index contributed by atoms with van der Waals surface area (Å²) in [6.45, 7) is 5.53. The van der Waals surface area contributed by atoms with E-state index in [4.69, 9.17) is 4.74 Å². The monoisotopic (exact) mass is 452 g/mol. The number of rotatable bonds is 8. The summed E-state index contributed by atoms with van der Waals surface area (Å²) in [4.78, 5) is 13.2. The lowest BCUT2D eigenvalue weighted by atomic mass is 10.0. The Kier molecular flexibility index (Phi) is 7.20. The van der Waals surface area contributed by atoms with Gasteiger partial charge in [-0.05, 0) is 54.3 Å². The fraction of sp³-hybridized carbons (Fsp3) is 0.240. The number of methoxy groups -OCH3 is 1. The minimum absolute atomic E-state index is 0.0962. The Morgan fingerprint density at radius 3 is 2.31 bits per heavy atom. The van der Waals surface area contributed by atoms with Crippen molar-refractivity contribution in [2.24, 2.45) is 0 Å². The normalized spacial score (nSPS) is 11.3. The van der Waals surface area contributed by atoms with Gasteiger partial charge in [-0.1, -0.05) is 56.3 Å². The number of sulfonamides is 1. The Balaban J connectivity index is 2.03. The minimum Gasteiger partial charge on any atom is -0.495 e. The third-order valence-corrected chi connectivity index (χ3v) is 6.85. The molecule has 7 heteroatoms. The van der Waals surface area contributed by atoms with Gasteiger partial charge in [-0.15, -0.1) is 0 Å². The van der Waals surface area contributed by atoms with Gasteiger partial charge in [0.15, 0.2) is 0 Å². The zero-order valence-corrected chi connectivity index (χ0v) is 19.5. The number of anilines is 2. The van der Waals surface area contributed by atoms with Gasteiger partial charge in [0.2, 0.25) is 5.91 Å². The van der Waals surface area contributed by atoms with E-state index in [0.29, 0.717) is 17.1 Å². The number of carbonyl (C=O) groups is 1. The summed E-state index contributed by atoms with van der Waals surface area (Å²) in [5.74, 6) is 0.124. The van der Waals surface area contributed by atoms with Crippen LogP contribution in [0.5, 0.6) is 5.75 Å². The third kappa shape index (κ3) is 5.11. The van der Waals surface area contributed by atoms with Gasteiger partial charge in [0.1, 0.15) is 12.3 Å². The number of nitrogens with one attached hydrogen (secondary N) is 1. The molecule has 0 aromatic heterocycles. The SMILES string of the molecule is COc1ccc(C)cc1N(CC(=O)Nc1ccccc1C(C)C)S(=O)(=O)c1ccccc1. The van der Waals surface area contributed by atoms with Crippen molar-refractivity contribution >= 4 is 27.3 Å². The van der Waals surface area contributed by atoms with Gasteiger partial charge in [-0.3, -0.25) is 9.10 Å². The number of nitrogens with zero attached hydrogens (tertiary/aromatic N) is 1. The highest BCUT2D eigenvalue weighted by Gasteiger charge is 2.29. The summed E-state index contributed by atoms with van der Waals surface area (Å²) in [5.41, 5.74) is 2.80. The van der Waals surface area contributed by atoms with Gasteiger partial charge < -0.3 is 10.1 Å². The van der Waals surface area contributed by atoms with Crippen LogP contribution >= 0.6 is 0 Å². The molecule has 0 aliphatic heterocycles.